The average molecular weight is 316 g/mol. The number of carbonyl (C=O) groups excluding carboxylic acids is 1. The molecule has 23 heavy (non-hydrogen) atoms. The van der Waals surface area contributed by atoms with E-state index in [9.17, 15) is 9.59 Å². The molecule has 0 aliphatic carbocycles. The molecule has 1 N–H and O–H groups in total. The molecule has 2 aromatic rings. The number of aliphatic carboxylic acids is 1. The first-order valence-electron chi connectivity index (χ1n) is 7.49. The number of aromatic nitrogens is 1. The zero-order valence-corrected chi connectivity index (χ0v) is 13.2. The van der Waals surface area contributed by atoms with Crippen molar-refractivity contribution in [2.75, 3.05) is 13.1 Å². The number of amides is 1. The summed E-state index contributed by atoms with van der Waals surface area (Å²) < 4.78 is 5.07. The third-order valence-corrected chi connectivity index (χ3v) is 3.46. The molecule has 0 bridgehead atoms. The van der Waals surface area contributed by atoms with Gasteiger partial charge in [-0.25, -0.2) is 0 Å². The summed E-state index contributed by atoms with van der Waals surface area (Å²) in [5.74, 6) is -1.31. The third-order valence-electron chi connectivity index (χ3n) is 3.46. The Bertz CT molecular complexity index is 664. The van der Waals surface area contributed by atoms with E-state index in [1.807, 2.05) is 44.2 Å². The summed E-state index contributed by atoms with van der Waals surface area (Å²) >= 11 is 0. The Balaban J connectivity index is 2.09. The second-order valence-electron chi connectivity index (χ2n) is 5.63. The number of hydrogen-bond donors (Lipinski definition) is 1. The molecule has 1 aromatic carbocycles. The Morgan fingerprint density at radius 3 is 2.52 bits per heavy atom. The smallest absolute Gasteiger partial charge is 0.323 e. The van der Waals surface area contributed by atoms with Crippen LogP contribution < -0.4 is 0 Å². The molecule has 0 fully saturated rings. The average Bonchev–Trinajstić information content (AvgIpc) is 3.01. The van der Waals surface area contributed by atoms with Crippen molar-refractivity contribution in [2.45, 2.75) is 26.2 Å². The highest BCUT2D eigenvalue weighted by Gasteiger charge is 2.23. The molecule has 0 spiro atoms. The van der Waals surface area contributed by atoms with Gasteiger partial charge < -0.3 is 14.5 Å². The molecule has 1 heterocycles. The summed E-state index contributed by atoms with van der Waals surface area (Å²) in [4.78, 5) is 24.8. The van der Waals surface area contributed by atoms with Gasteiger partial charge in [0.2, 0.25) is 5.76 Å². The second-order valence-corrected chi connectivity index (χ2v) is 5.63. The van der Waals surface area contributed by atoms with Gasteiger partial charge in [-0.2, -0.15) is 0 Å². The Labute approximate surface area is 134 Å². The number of rotatable bonds is 7. The first kappa shape index (κ1) is 16.7. The zero-order valence-electron chi connectivity index (χ0n) is 13.2. The van der Waals surface area contributed by atoms with Crippen molar-refractivity contribution in [1.82, 2.24) is 10.1 Å². The van der Waals surface area contributed by atoms with Crippen LogP contribution >= 0.6 is 0 Å². The lowest BCUT2D eigenvalue weighted by molar-refractivity contribution is -0.137. The predicted octanol–water partition coefficient (Wildman–Crippen LogP) is 2.57. The van der Waals surface area contributed by atoms with Crippen molar-refractivity contribution in [1.29, 1.82) is 0 Å². The van der Waals surface area contributed by atoms with E-state index in [1.165, 1.54) is 4.90 Å². The molecule has 0 saturated heterocycles. The molecule has 1 aromatic heterocycles. The van der Waals surface area contributed by atoms with Crippen molar-refractivity contribution in [3.05, 3.63) is 53.4 Å². The van der Waals surface area contributed by atoms with Crippen molar-refractivity contribution in [2.24, 2.45) is 0 Å². The van der Waals surface area contributed by atoms with Gasteiger partial charge in [0.15, 0.2) is 0 Å². The molecule has 0 aliphatic heterocycles. The fourth-order valence-electron chi connectivity index (χ4n) is 2.14. The number of hydrogen-bond acceptors (Lipinski definition) is 4. The van der Waals surface area contributed by atoms with Crippen LogP contribution in [0.2, 0.25) is 0 Å². The van der Waals surface area contributed by atoms with Crippen molar-refractivity contribution in [3.63, 3.8) is 0 Å². The van der Waals surface area contributed by atoms with E-state index in [1.54, 1.807) is 6.07 Å². The Hall–Kier alpha value is -2.63. The predicted molar refractivity (Wildman–Crippen MR) is 84.3 cm³/mol. The molecule has 1 amide bonds. The van der Waals surface area contributed by atoms with Crippen LogP contribution in [0.25, 0.3) is 0 Å². The van der Waals surface area contributed by atoms with Gasteiger partial charge in [0, 0.05) is 12.6 Å². The zero-order chi connectivity index (χ0) is 16.8. The van der Waals surface area contributed by atoms with Crippen LogP contribution in [0.5, 0.6) is 0 Å². The van der Waals surface area contributed by atoms with Gasteiger partial charge in [-0.3, -0.25) is 9.59 Å². The van der Waals surface area contributed by atoms with Crippen molar-refractivity contribution < 1.29 is 19.2 Å². The molecule has 122 valence electrons. The van der Waals surface area contributed by atoms with Crippen LogP contribution in [-0.2, 0) is 11.2 Å². The van der Waals surface area contributed by atoms with Gasteiger partial charge in [-0.15, -0.1) is 0 Å². The number of nitrogens with zero attached hydrogens (tertiary/aromatic N) is 2. The molecular weight excluding hydrogens is 296 g/mol. The van der Waals surface area contributed by atoms with Crippen molar-refractivity contribution >= 4 is 11.9 Å². The number of carboxylic acid groups (broad SMARTS) is 1. The van der Waals surface area contributed by atoms with E-state index in [4.69, 9.17) is 9.63 Å². The Kier molecular flexibility index (Phi) is 5.51. The summed E-state index contributed by atoms with van der Waals surface area (Å²) in [5, 5.41) is 12.9. The monoisotopic (exact) mass is 316 g/mol. The van der Waals surface area contributed by atoms with E-state index in [-0.39, 0.29) is 18.2 Å². The minimum absolute atomic E-state index is 0.0722. The van der Waals surface area contributed by atoms with Gasteiger partial charge in [0.1, 0.15) is 6.54 Å². The van der Waals surface area contributed by atoms with Gasteiger partial charge in [-0.1, -0.05) is 49.3 Å². The summed E-state index contributed by atoms with van der Waals surface area (Å²) in [6, 6.07) is 11.2. The molecule has 0 unspecified atom stereocenters. The summed E-state index contributed by atoms with van der Waals surface area (Å²) in [7, 11) is 0. The molecular formula is C17H20N2O4. The molecule has 6 heteroatoms. The van der Waals surface area contributed by atoms with Crippen LogP contribution in [0.1, 0.15) is 41.6 Å². The van der Waals surface area contributed by atoms with Crippen LogP contribution in [0.3, 0.4) is 0 Å². The maximum atomic E-state index is 12.5. The molecule has 2 rings (SSSR count). The lowest BCUT2D eigenvalue weighted by Gasteiger charge is -2.19. The first-order chi connectivity index (χ1) is 11.0. The van der Waals surface area contributed by atoms with Gasteiger partial charge in [0.25, 0.3) is 5.91 Å². The second kappa shape index (κ2) is 7.58. The van der Waals surface area contributed by atoms with E-state index in [0.717, 1.165) is 5.56 Å². The highest BCUT2D eigenvalue weighted by molar-refractivity contribution is 5.93. The number of carboxylic acids is 1. The number of benzene rings is 1. The van der Waals surface area contributed by atoms with E-state index >= 15 is 0 Å². The Morgan fingerprint density at radius 2 is 1.96 bits per heavy atom. The first-order valence-corrected chi connectivity index (χ1v) is 7.49. The van der Waals surface area contributed by atoms with Gasteiger partial charge >= 0.3 is 5.97 Å². The summed E-state index contributed by atoms with van der Waals surface area (Å²) in [6.07, 6.45) is 0.574. The fourth-order valence-corrected chi connectivity index (χ4v) is 2.14. The van der Waals surface area contributed by atoms with Gasteiger partial charge in [0.05, 0.1) is 5.69 Å². The fraction of sp³-hybridized carbons (Fsp3) is 0.353. The largest absolute Gasteiger partial charge is 0.480 e. The van der Waals surface area contributed by atoms with Gasteiger partial charge in [-0.05, 0) is 17.9 Å². The molecule has 0 saturated carbocycles. The van der Waals surface area contributed by atoms with E-state index in [0.29, 0.717) is 18.7 Å². The highest BCUT2D eigenvalue weighted by atomic mass is 16.5. The quantitative estimate of drug-likeness (QED) is 0.848. The molecule has 0 radical (unpaired) electrons. The van der Waals surface area contributed by atoms with Crippen LogP contribution in [0, 0.1) is 0 Å². The van der Waals surface area contributed by atoms with Crippen molar-refractivity contribution in [3.8, 4) is 0 Å². The topological polar surface area (TPSA) is 83.6 Å². The normalized spacial score (nSPS) is 10.7. The SMILES string of the molecule is CC(C)c1cc(C(=O)N(CCc2ccccc2)CC(=O)O)on1. The molecule has 0 aliphatic rings. The van der Waals surface area contributed by atoms with E-state index < -0.39 is 11.9 Å². The maximum Gasteiger partial charge on any atom is 0.323 e. The minimum atomic E-state index is -1.06. The highest BCUT2D eigenvalue weighted by Crippen LogP contribution is 2.15. The number of carbonyl (C=O) groups is 2. The lowest BCUT2D eigenvalue weighted by Crippen LogP contribution is -2.37. The van der Waals surface area contributed by atoms with Crippen LogP contribution in [0.15, 0.2) is 40.9 Å². The summed E-state index contributed by atoms with van der Waals surface area (Å²) in [5.41, 5.74) is 1.71. The third kappa shape index (κ3) is 4.67. The Morgan fingerprint density at radius 1 is 1.26 bits per heavy atom. The lowest BCUT2D eigenvalue weighted by atomic mass is 10.1. The van der Waals surface area contributed by atoms with E-state index in [2.05, 4.69) is 5.16 Å². The maximum absolute atomic E-state index is 12.5. The van der Waals surface area contributed by atoms with Crippen LogP contribution in [0.4, 0.5) is 0 Å². The summed E-state index contributed by atoms with van der Waals surface area (Å²) in [6.45, 7) is 3.81. The minimum Gasteiger partial charge on any atom is -0.480 e. The molecule has 6 nitrogen and oxygen atoms in total. The molecule has 0 atom stereocenters. The van der Waals surface area contributed by atoms with Crippen LogP contribution in [-0.4, -0.2) is 40.1 Å². The standard InChI is InChI=1S/C17H20N2O4/c1-12(2)14-10-15(23-18-14)17(22)19(11-16(20)21)9-8-13-6-4-3-5-7-13/h3-7,10,12H,8-9,11H2,1-2H3,(H,20,21).